The topological polar surface area (TPSA) is 32.5 Å². The molecule has 0 radical (unpaired) electrons. The zero-order valence-corrected chi connectivity index (χ0v) is 11.5. The Morgan fingerprint density at radius 3 is 2.61 bits per heavy atom. The third-order valence-electron chi connectivity index (χ3n) is 3.99. The average molecular weight is 247 g/mol. The Balaban J connectivity index is 1.90. The smallest absolute Gasteiger partial charge is 0.0237 e. The first-order valence-corrected chi connectivity index (χ1v) is 6.92. The van der Waals surface area contributed by atoms with Crippen molar-refractivity contribution in [2.24, 2.45) is 5.73 Å². The Bertz CT molecular complexity index is 352. The van der Waals surface area contributed by atoms with Gasteiger partial charge in [0.1, 0.15) is 0 Å². The number of rotatable bonds is 4. The van der Waals surface area contributed by atoms with Gasteiger partial charge in [0.25, 0.3) is 0 Å². The summed E-state index contributed by atoms with van der Waals surface area (Å²) in [5.74, 6) is 0. The molecule has 18 heavy (non-hydrogen) atoms. The lowest BCUT2D eigenvalue weighted by Gasteiger charge is -2.42. The summed E-state index contributed by atoms with van der Waals surface area (Å²) in [7, 11) is 0. The van der Waals surface area contributed by atoms with Gasteiger partial charge in [-0.1, -0.05) is 30.3 Å². The summed E-state index contributed by atoms with van der Waals surface area (Å²) in [4.78, 5) is 5.07. The van der Waals surface area contributed by atoms with Crippen LogP contribution in [0.1, 0.15) is 19.4 Å². The van der Waals surface area contributed by atoms with Gasteiger partial charge in [-0.05, 0) is 19.4 Å². The summed E-state index contributed by atoms with van der Waals surface area (Å²) in [6.07, 6.45) is 0. The molecule has 0 aliphatic carbocycles. The molecule has 1 heterocycles. The van der Waals surface area contributed by atoms with Gasteiger partial charge in [0.05, 0.1) is 0 Å². The molecule has 1 aromatic carbocycles. The second kappa shape index (κ2) is 6.32. The first-order chi connectivity index (χ1) is 8.70. The molecule has 2 atom stereocenters. The molecule has 1 fully saturated rings. The molecule has 0 amide bonds. The number of piperazine rings is 1. The summed E-state index contributed by atoms with van der Waals surface area (Å²) in [5, 5.41) is 0. The average Bonchev–Trinajstić information content (AvgIpc) is 2.41. The van der Waals surface area contributed by atoms with Crippen LogP contribution in [-0.2, 0) is 6.54 Å². The van der Waals surface area contributed by atoms with E-state index in [1.54, 1.807) is 0 Å². The van der Waals surface area contributed by atoms with E-state index in [1.165, 1.54) is 5.56 Å². The van der Waals surface area contributed by atoms with Crippen molar-refractivity contribution in [1.82, 2.24) is 9.80 Å². The van der Waals surface area contributed by atoms with Crippen molar-refractivity contribution in [3.8, 4) is 0 Å². The van der Waals surface area contributed by atoms with Gasteiger partial charge >= 0.3 is 0 Å². The summed E-state index contributed by atoms with van der Waals surface area (Å²) >= 11 is 0. The number of nitrogens with zero attached hydrogens (tertiary/aromatic N) is 2. The molecule has 100 valence electrons. The molecule has 1 aliphatic rings. The summed E-state index contributed by atoms with van der Waals surface area (Å²) in [6.45, 7) is 9.76. The van der Waals surface area contributed by atoms with E-state index < -0.39 is 0 Å². The van der Waals surface area contributed by atoms with Crippen LogP contribution in [-0.4, -0.2) is 48.1 Å². The first-order valence-electron chi connectivity index (χ1n) is 6.92. The van der Waals surface area contributed by atoms with E-state index in [1.807, 2.05) is 0 Å². The van der Waals surface area contributed by atoms with Crippen LogP contribution in [0.5, 0.6) is 0 Å². The zero-order valence-electron chi connectivity index (χ0n) is 11.5. The molecule has 0 saturated carbocycles. The van der Waals surface area contributed by atoms with Crippen LogP contribution >= 0.6 is 0 Å². The van der Waals surface area contributed by atoms with Crippen molar-refractivity contribution in [3.63, 3.8) is 0 Å². The molecule has 0 bridgehead atoms. The Kier molecular flexibility index (Phi) is 4.75. The van der Waals surface area contributed by atoms with Gasteiger partial charge in [0, 0.05) is 44.8 Å². The highest BCUT2D eigenvalue weighted by atomic mass is 15.3. The van der Waals surface area contributed by atoms with Crippen molar-refractivity contribution >= 4 is 0 Å². The summed E-state index contributed by atoms with van der Waals surface area (Å²) < 4.78 is 0. The van der Waals surface area contributed by atoms with Crippen LogP contribution < -0.4 is 5.73 Å². The highest BCUT2D eigenvalue weighted by molar-refractivity contribution is 5.14. The number of hydrogen-bond acceptors (Lipinski definition) is 3. The molecule has 3 heteroatoms. The first kappa shape index (κ1) is 13.5. The van der Waals surface area contributed by atoms with Crippen molar-refractivity contribution in [2.75, 3.05) is 26.2 Å². The van der Waals surface area contributed by atoms with Crippen molar-refractivity contribution < 1.29 is 0 Å². The SMILES string of the molecule is CC1CN(C(C)CN)CCN1Cc1ccccc1. The minimum atomic E-state index is 0.506. The summed E-state index contributed by atoms with van der Waals surface area (Å²) in [5.41, 5.74) is 7.16. The lowest BCUT2D eigenvalue weighted by molar-refractivity contribution is 0.0573. The second-order valence-electron chi connectivity index (χ2n) is 5.38. The van der Waals surface area contributed by atoms with E-state index >= 15 is 0 Å². The van der Waals surface area contributed by atoms with Crippen LogP contribution in [0.3, 0.4) is 0 Å². The Morgan fingerprint density at radius 2 is 2.00 bits per heavy atom. The maximum absolute atomic E-state index is 5.75. The number of nitrogens with two attached hydrogens (primary N) is 1. The molecule has 1 aromatic rings. The predicted molar refractivity (Wildman–Crippen MR) is 76.4 cm³/mol. The molecular formula is C15H25N3. The molecular weight excluding hydrogens is 222 g/mol. The van der Waals surface area contributed by atoms with Gasteiger partial charge < -0.3 is 5.73 Å². The largest absolute Gasteiger partial charge is 0.329 e. The molecule has 1 saturated heterocycles. The minimum absolute atomic E-state index is 0.506. The van der Waals surface area contributed by atoms with E-state index in [4.69, 9.17) is 5.73 Å². The van der Waals surface area contributed by atoms with E-state index in [0.717, 1.165) is 32.7 Å². The van der Waals surface area contributed by atoms with Gasteiger partial charge in [-0.2, -0.15) is 0 Å². The van der Waals surface area contributed by atoms with Crippen molar-refractivity contribution in [3.05, 3.63) is 35.9 Å². The van der Waals surface area contributed by atoms with Gasteiger partial charge in [0.2, 0.25) is 0 Å². The van der Waals surface area contributed by atoms with E-state index in [-0.39, 0.29) is 0 Å². The maximum Gasteiger partial charge on any atom is 0.0237 e. The Hall–Kier alpha value is -0.900. The summed E-state index contributed by atoms with van der Waals surface area (Å²) in [6, 6.07) is 11.8. The Morgan fingerprint density at radius 1 is 1.28 bits per heavy atom. The van der Waals surface area contributed by atoms with Crippen LogP contribution in [0, 0.1) is 0 Å². The van der Waals surface area contributed by atoms with Gasteiger partial charge in [0.15, 0.2) is 0 Å². The molecule has 1 aliphatic heterocycles. The predicted octanol–water partition coefficient (Wildman–Crippen LogP) is 1.54. The molecule has 0 aromatic heterocycles. The monoisotopic (exact) mass is 247 g/mol. The second-order valence-corrected chi connectivity index (χ2v) is 5.38. The highest BCUT2D eigenvalue weighted by Gasteiger charge is 2.25. The molecule has 0 spiro atoms. The lowest BCUT2D eigenvalue weighted by Crippen LogP contribution is -2.55. The fourth-order valence-corrected chi connectivity index (χ4v) is 2.63. The molecule has 2 rings (SSSR count). The quantitative estimate of drug-likeness (QED) is 0.876. The number of hydrogen-bond donors (Lipinski definition) is 1. The van der Waals surface area contributed by atoms with Gasteiger partial charge in [-0.25, -0.2) is 0 Å². The van der Waals surface area contributed by atoms with Crippen LogP contribution in [0.15, 0.2) is 30.3 Å². The van der Waals surface area contributed by atoms with E-state index in [2.05, 4.69) is 54.0 Å². The lowest BCUT2D eigenvalue weighted by atomic mass is 10.1. The van der Waals surface area contributed by atoms with Crippen LogP contribution in [0.25, 0.3) is 0 Å². The molecule has 3 nitrogen and oxygen atoms in total. The normalized spacial score (nSPS) is 24.1. The number of benzene rings is 1. The van der Waals surface area contributed by atoms with Crippen LogP contribution in [0.2, 0.25) is 0 Å². The minimum Gasteiger partial charge on any atom is -0.329 e. The van der Waals surface area contributed by atoms with E-state index in [0.29, 0.717) is 12.1 Å². The van der Waals surface area contributed by atoms with Gasteiger partial charge in [-0.3, -0.25) is 9.80 Å². The van der Waals surface area contributed by atoms with Crippen molar-refractivity contribution in [2.45, 2.75) is 32.5 Å². The zero-order chi connectivity index (χ0) is 13.0. The fourth-order valence-electron chi connectivity index (χ4n) is 2.63. The van der Waals surface area contributed by atoms with Crippen LogP contribution in [0.4, 0.5) is 0 Å². The Labute approximate surface area is 111 Å². The van der Waals surface area contributed by atoms with Gasteiger partial charge in [-0.15, -0.1) is 0 Å². The highest BCUT2D eigenvalue weighted by Crippen LogP contribution is 2.15. The molecule has 2 N–H and O–H groups in total. The van der Waals surface area contributed by atoms with E-state index in [9.17, 15) is 0 Å². The standard InChI is InChI=1S/C15H25N3/c1-13(10-16)17-8-9-18(14(2)11-17)12-15-6-4-3-5-7-15/h3-7,13-14H,8-12,16H2,1-2H3. The maximum atomic E-state index is 5.75. The molecule has 2 unspecified atom stereocenters. The third kappa shape index (κ3) is 3.31. The van der Waals surface area contributed by atoms with Crippen molar-refractivity contribution in [1.29, 1.82) is 0 Å². The third-order valence-corrected chi connectivity index (χ3v) is 3.99. The fraction of sp³-hybridized carbons (Fsp3) is 0.600.